The Kier molecular flexibility index (Phi) is 8.18. The fourth-order valence-corrected chi connectivity index (χ4v) is 3.59. The third-order valence-electron chi connectivity index (χ3n) is 4.82. The lowest BCUT2D eigenvalue weighted by Crippen LogP contribution is -2.32. The molecule has 1 aliphatic heterocycles. The summed E-state index contributed by atoms with van der Waals surface area (Å²) in [6.45, 7) is 3.65. The van der Waals surface area contributed by atoms with Crippen LogP contribution in [-0.4, -0.2) is 33.4 Å². The number of aromatic nitrogens is 3. The van der Waals surface area contributed by atoms with Crippen molar-refractivity contribution in [1.82, 2.24) is 19.9 Å². The highest BCUT2D eigenvalue weighted by atomic mass is 35.5. The third-order valence-corrected chi connectivity index (χ3v) is 4.82. The van der Waals surface area contributed by atoms with E-state index in [-0.39, 0.29) is 24.8 Å². The maximum Gasteiger partial charge on any atom is 0.128 e. The Morgan fingerprint density at radius 2 is 1.86 bits per heavy atom. The molecular weight excluding hydrogens is 393 g/mol. The number of halogens is 2. The standard InChI is InChI=1S/C21H23N5.2ClH/c1-25(14-17-5-4-8-22-11-17)15-18-12-23-13-19-16-26(10-7-20(18)19)21-6-2-3-9-24-21;;/h2-6,8-9,11-13H,7,10,14-16H2,1H3;2*1H. The van der Waals surface area contributed by atoms with Crippen molar-refractivity contribution in [3.63, 3.8) is 0 Å². The van der Waals surface area contributed by atoms with Crippen molar-refractivity contribution >= 4 is 30.6 Å². The van der Waals surface area contributed by atoms with Crippen LogP contribution in [0.15, 0.2) is 61.3 Å². The van der Waals surface area contributed by atoms with E-state index in [1.54, 1.807) is 0 Å². The van der Waals surface area contributed by atoms with Crippen molar-refractivity contribution in [2.24, 2.45) is 0 Å². The Labute approximate surface area is 178 Å². The number of fused-ring (bicyclic) bond motifs is 1. The molecule has 3 aromatic heterocycles. The minimum Gasteiger partial charge on any atom is -0.352 e. The zero-order valence-corrected chi connectivity index (χ0v) is 17.5. The molecule has 0 N–H and O–H groups in total. The van der Waals surface area contributed by atoms with Crippen LogP contribution in [0.4, 0.5) is 5.82 Å². The molecule has 5 nitrogen and oxygen atoms in total. The van der Waals surface area contributed by atoms with E-state index >= 15 is 0 Å². The van der Waals surface area contributed by atoms with E-state index < -0.39 is 0 Å². The lowest BCUT2D eigenvalue weighted by Gasteiger charge is -2.31. The van der Waals surface area contributed by atoms with E-state index in [1.807, 2.05) is 49.2 Å². The Bertz CT molecular complexity index is 861. The van der Waals surface area contributed by atoms with Crippen molar-refractivity contribution in [1.29, 1.82) is 0 Å². The van der Waals surface area contributed by atoms with Gasteiger partial charge in [-0.2, -0.15) is 0 Å². The summed E-state index contributed by atoms with van der Waals surface area (Å²) >= 11 is 0. The molecule has 0 aromatic carbocycles. The van der Waals surface area contributed by atoms with Crippen molar-refractivity contribution in [3.8, 4) is 0 Å². The fourth-order valence-electron chi connectivity index (χ4n) is 3.59. The largest absolute Gasteiger partial charge is 0.352 e. The lowest BCUT2D eigenvalue weighted by atomic mass is 9.96. The van der Waals surface area contributed by atoms with Gasteiger partial charge in [0.25, 0.3) is 0 Å². The van der Waals surface area contributed by atoms with Gasteiger partial charge in [-0.3, -0.25) is 14.9 Å². The summed E-state index contributed by atoms with van der Waals surface area (Å²) in [5.41, 5.74) is 5.32. The average Bonchev–Trinajstić information content (AvgIpc) is 2.69. The second-order valence-corrected chi connectivity index (χ2v) is 6.83. The Hall–Kier alpha value is -2.21. The van der Waals surface area contributed by atoms with Gasteiger partial charge in [-0.15, -0.1) is 24.8 Å². The number of hydrogen-bond donors (Lipinski definition) is 0. The Balaban J connectivity index is 0.00000140. The molecule has 0 atom stereocenters. The van der Waals surface area contributed by atoms with Crippen LogP contribution in [-0.2, 0) is 26.1 Å². The number of pyridine rings is 3. The summed E-state index contributed by atoms with van der Waals surface area (Å²) in [7, 11) is 2.15. The number of rotatable bonds is 5. The molecule has 0 radical (unpaired) electrons. The van der Waals surface area contributed by atoms with E-state index in [0.29, 0.717) is 0 Å². The van der Waals surface area contributed by atoms with Crippen molar-refractivity contribution < 1.29 is 0 Å². The van der Waals surface area contributed by atoms with Gasteiger partial charge in [-0.25, -0.2) is 4.98 Å². The Morgan fingerprint density at radius 1 is 0.964 bits per heavy atom. The molecule has 4 heterocycles. The molecule has 148 valence electrons. The first-order valence-corrected chi connectivity index (χ1v) is 8.97. The number of hydrogen-bond acceptors (Lipinski definition) is 5. The molecule has 0 fully saturated rings. The molecule has 3 aromatic rings. The second-order valence-electron chi connectivity index (χ2n) is 6.83. The second kappa shape index (κ2) is 10.4. The van der Waals surface area contributed by atoms with E-state index in [4.69, 9.17) is 0 Å². The minimum atomic E-state index is 0. The van der Waals surface area contributed by atoms with Gasteiger partial charge in [0.15, 0.2) is 0 Å². The molecule has 28 heavy (non-hydrogen) atoms. The van der Waals surface area contributed by atoms with Crippen LogP contribution < -0.4 is 4.90 Å². The maximum atomic E-state index is 4.50. The zero-order chi connectivity index (χ0) is 17.8. The van der Waals surface area contributed by atoms with E-state index in [9.17, 15) is 0 Å². The summed E-state index contributed by atoms with van der Waals surface area (Å²) in [5, 5.41) is 0. The van der Waals surface area contributed by atoms with Gasteiger partial charge < -0.3 is 4.90 Å². The molecule has 7 heteroatoms. The minimum absolute atomic E-state index is 0. The Morgan fingerprint density at radius 3 is 2.61 bits per heavy atom. The normalized spacial score (nSPS) is 12.7. The van der Waals surface area contributed by atoms with Crippen molar-refractivity contribution in [3.05, 3.63) is 83.6 Å². The predicted molar refractivity (Wildman–Crippen MR) is 117 cm³/mol. The zero-order valence-electron chi connectivity index (χ0n) is 15.9. The highest BCUT2D eigenvalue weighted by molar-refractivity contribution is 5.85. The smallest absolute Gasteiger partial charge is 0.128 e. The fraction of sp³-hybridized carbons (Fsp3) is 0.286. The van der Waals surface area contributed by atoms with Gasteiger partial charge in [0, 0.05) is 57.2 Å². The van der Waals surface area contributed by atoms with Crippen LogP contribution in [0, 0.1) is 0 Å². The van der Waals surface area contributed by atoms with Gasteiger partial charge >= 0.3 is 0 Å². The summed E-state index contributed by atoms with van der Waals surface area (Å²) in [6, 6.07) is 10.2. The summed E-state index contributed by atoms with van der Waals surface area (Å²) in [4.78, 5) is 17.8. The van der Waals surface area contributed by atoms with Crippen LogP contribution in [0.1, 0.15) is 22.3 Å². The molecule has 0 spiro atoms. The first-order chi connectivity index (χ1) is 12.8. The first kappa shape index (κ1) is 22.1. The van der Waals surface area contributed by atoms with E-state index in [1.165, 1.54) is 22.3 Å². The molecule has 4 rings (SSSR count). The predicted octanol–water partition coefficient (Wildman–Crippen LogP) is 3.91. The van der Waals surface area contributed by atoms with Crippen LogP contribution in [0.3, 0.4) is 0 Å². The molecule has 0 amide bonds. The van der Waals surface area contributed by atoms with E-state index in [0.717, 1.165) is 38.4 Å². The summed E-state index contributed by atoms with van der Waals surface area (Å²) in [6.07, 6.45) is 10.7. The van der Waals surface area contributed by atoms with Gasteiger partial charge in [0.1, 0.15) is 5.82 Å². The maximum absolute atomic E-state index is 4.50. The topological polar surface area (TPSA) is 45.2 Å². The van der Waals surface area contributed by atoms with Gasteiger partial charge in [0.2, 0.25) is 0 Å². The monoisotopic (exact) mass is 417 g/mol. The van der Waals surface area contributed by atoms with E-state index in [2.05, 4.69) is 43.9 Å². The van der Waals surface area contributed by atoms with Crippen LogP contribution in [0.5, 0.6) is 0 Å². The number of anilines is 1. The quantitative estimate of drug-likeness (QED) is 0.629. The van der Waals surface area contributed by atoms with Crippen molar-refractivity contribution in [2.75, 3.05) is 18.5 Å². The highest BCUT2D eigenvalue weighted by Gasteiger charge is 2.20. The molecule has 0 saturated heterocycles. The molecule has 0 saturated carbocycles. The van der Waals surface area contributed by atoms with Gasteiger partial charge in [-0.05, 0) is 53.9 Å². The molecular formula is C21H25Cl2N5. The summed E-state index contributed by atoms with van der Waals surface area (Å²) in [5.74, 6) is 1.04. The molecule has 0 aliphatic carbocycles. The van der Waals surface area contributed by atoms with Crippen LogP contribution in [0.25, 0.3) is 0 Å². The lowest BCUT2D eigenvalue weighted by molar-refractivity contribution is 0.317. The van der Waals surface area contributed by atoms with Crippen LogP contribution in [0.2, 0.25) is 0 Å². The molecule has 1 aliphatic rings. The SMILES string of the molecule is CN(Cc1cccnc1)Cc1cncc2c1CCN(c1ccccn1)C2.Cl.Cl. The van der Waals surface area contributed by atoms with Crippen LogP contribution >= 0.6 is 24.8 Å². The third kappa shape index (κ3) is 5.19. The molecule has 0 bridgehead atoms. The highest BCUT2D eigenvalue weighted by Crippen LogP contribution is 2.25. The first-order valence-electron chi connectivity index (χ1n) is 8.97. The number of nitrogens with zero attached hydrogens (tertiary/aromatic N) is 5. The van der Waals surface area contributed by atoms with Gasteiger partial charge in [-0.1, -0.05) is 12.1 Å². The summed E-state index contributed by atoms with van der Waals surface area (Å²) < 4.78 is 0. The molecule has 0 unspecified atom stereocenters. The average molecular weight is 418 g/mol. The van der Waals surface area contributed by atoms with Crippen molar-refractivity contribution in [2.45, 2.75) is 26.1 Å². The van der Waals surface area contributed by atoms with Gasteiger partial charge in [0.05, 0.1) is 0 Å².